The van der Waals surface area contributed by atoms with Crippen molar-refractivity contribution in [1.29, 1.82) is 0 Å². The Hall–Kier alpha value is -1.79. The van der Waals surface area contributed by atoms with Gasteiger partial charge in [-0.25, -0.2) is 0 Å². The third-order valence-corrected chi connectivity index (χ3v) is 2.43. The number of amides is 1. The van der Waals surface area contributed by atoms with E-state index in [0.29, 0.717) is 6.54 Å². The molecular weight excluding hydrogens is 212 g/mol. The SMILES string of the molecule is C#CCNCC(=O)N[C@H](C)c1cccc(C)c1. The highest BCUT2D eigenvalue weighted by Gasteiger charge is 2.08. The fraction of sp³-hybridized carbons (Fsp3) is 0.357. The first-order chi connectivity index (χ1) is 8.13. The second-order valence-electron chi connectivity index (χ2n) is 4.01. The average molecular weight is 230 g/mol. The second kappa shape index (κ2) is 6.72. The summed E-state index contributed by atoms with van der Waals surface area (Å²) in [5, 5.41) is 5.77. The number of hydrogen-bond acceptors (Lipinski definition) is 2. The van der Waals surface area contributed by atoms with Gasteiger partial charge in [-0.3, -0.25) is 10.1 Å². The number of benzene rings is 1. The third-order valence-electron chi connectivity index (χ3n) is 2.43. The Morgan fingerprint density at radius 1 is 1.53 bits per heavy atom. The zero-order chi connectivity index (χ0) is 12.7. The molecule has 0 bridgehead atoms. The molecule has 0 radical (unpaired) electrons. The Morgan fingerprint density at radius 3 is 2.94 bits per heavy atom. The third kappa shape index (κ3) is 4.71. The molecule has 2 N–H and O–H groups in total. The van der Waals surface area contributed by atoms with Crippen LogP contribution in [0.25, 0.3) is 0 Å². The zero-order valence-electron chi connectivity index (χ0n) is 10.3. The van der Waals surface area contributed by atoms with Gasteiger partial charge in [0.05, 0.1) is 19.1 Å². The van der Waals surface area contributed by atoms with Gasteiger partial charge in [0.25, 0.3) is 0 Å². The summed E-state index contributed by atoms with van der Waals surface area (Å²) in [6.45, 7) is 4.66. The molecule has 0 saturated carbocycles. The van der Waals surface area contributed by atoms with Gasteiger partial charge in [-0.2, -0.15) is 0 Å². The van der Waals surface area contributed by atoms with Gasteiger partial charge in [0.2, 0.25) is 5.91 Å². The minimum absolute atomic E-state index is 0.00929. The van der Waals surface area contributed by atoms with E-state index in [1.165, 1.54) is 5.56 Å². The van der Waals surface area contributed by atoms with Gasteiger partial charge in [-0.15, -0.1) is 6.42 Å². The number of carbonyl (C=O) groups is 1. The van der Waals surface area contributed by atoms with E-state index >= 15 is 0 Å². The van der Waals surface area contributed by atoms with Crippen molar-refractivity contribution in [2.24, 2.45) is 0 Å². The van der Waals surface area contributed by atoms with E-state index in [9.17, 15) is 4.79 Å². The Balaban J connectivity index is 2.46. The summed E-state index contributed by atoms with van der Waals surface area (Å²) >= 11 is 0. The highest BCUT2D eigenvalue weighted by molar-refractivity contribution is 5.78. The lowest BCUT2D eigenvalue weighted by molar-refractivity contribution is -0.120. The van der Waals surface area contributed by atoms with Gasteiger partial charge in [0, 0.05) is 0 Å². The highest BCUT2D eigenvalue weighted by Crippen LogP contribution is 2.13. The van der Waals surface area contributed by atoms with Crippen LogP contribution in [-0.2, 0) is 4.79 Å². The van der Waals surface area contributed by atoms with E-state index in [4.69, 9.17) is 6.42 Å². The normalized spacial score (nSPS) is 11.6. The zero-order valence-corrected chi connectivity index (χ0v) is 10.3. The Labute approximate surface area is 103 Å². The standard InChI is InChI=1S/C14H18N2O/c1-4-8-15-10-14(17)16-12(3)13-7-5-6-11(2)9-13/h1,5-7,9,12,15H,8,10H2,2-3H3,(H,16,17)/t12-/m1/s1. The van der Waals surface area contributed by atoms with Gasteiger partial charge in [-0.05, 0) is 19.4 Å². The molecule has 1 amide bonds. The Kier molecular flexibility index (Phi) is 5.25. The summed E-state index contributed by atoms with van der Waals surface area (Å²) in [6.07, 6.45) is 5.08. The maximum absolute atomic E-state index is 11.5. The second-order valence-corrected chi connectivity index (χ2v) is 4.01. The first kappa shape index (κ1) is 13.3. The molecule has 3 heteroatoms. The number of carbonyl (C=O) groups excluding carboxylic acids is 1. The molecule has 0 unspecified atom stereocenters. The van der Waals surface area contributed by atoms with Gasteiger partial charge in [-0.1, -0.05) is 35.7 Å². The fourth-order valence-corrected chi connectivity index (χ4v) is 1.56. The summed E-state index contributed by atoms with van der Waals surface area (Å²) in [7, 11) is 0. The molecule has 3 nitrogen and oxygen atoms in total. The molecule has 0 heterocycles. The lowest BCUT2D eigenvalue weighted by atomic mass is 10.1. The molecule has 0 fully saturated rings. The van der Waals surface area contributed by atoms with Crippen LogP contribution in [0, 0.1) is 19.3 Å². The van der Waals surface area contributed by atoms with Crippen LogP contribution in [0.5, 0.6) is 0 Å². The van der Waals surface area contributed by atoms with Crippen LogP contribution >= 0.6 is 0 Å². The van der Waals surface area contributed by atoms with E-state index in [1.807, 2.05) is 32.0 Å². The van der Waals surface area contributed by atoms with Crippen LogP contribution in [0.3, 0.4) is 0 Å². The van der Waals surface area contributed by atoms with Crippen molar-refractivity contribution in [2.75, 3.05) is 13.1 Å². The average Bonchev–Trinajstić information content (AvgIpc) is 2.29. The van der Waals surface area contributed by atoms with Gasteiger partial charge in [0.1, 0.15) is 0 Å². The molecule has 1 rings (SSSR count). The lowest BCUT2D eigenvalue weighted by Crippen LogP contribution is -2.35. The lowest BCUT2D eigenvalue weighted by Gasteiger charge is -2.14. The largest absolute Gasteiger partial charge is 0.348 e. The first-order valence-electron chi connectivity index (χ1n) is 5.63. The summed E-state index contributed by atoms with van der Waals surface area (Å²) in [4.78, 5) is 11.5. The van der Waals surface area contributed by atoms with Crippen molar-refractivity contribution < 1.29 is 4.79 Å². The number of rotatable bonds is 5. The van der Waals surface area contributed by atoms with Crippen molar-refractivity contribution in [3.05, 3.63) is 35.4 Å². The van der Waals surface area contributed by atoms with Crippen LogP contribution < -0.4 is 10.6 Å². The molecule has 90 valence electrons. The number of nitrogens with one attached hydrogen (secondary N) is 2. The van der Waals surface area contributed by atoms with Gasteiger partial charge in [0.15, 0.2) is 0 Å². The molecule has 0 aliphatic heterocycles. The van der Waals surface area contributed by atoms with Crippen molar-refractivity contribution in [3.63, 3.8) is 0 Å². The number of terminal acetylenes is 1. The number of aryl methyl sites for hydroxylation is 1. The van der Waals surface area contributed by atoms with E-state index in [-0.39, 0.29) is 18.5 Å². The van der Waals surface area contributed by atoms with Crippen molar-refractivity contribution in [2.45, 2.75) is 19.9 Å². The molecule has 0 aliphatic carbocycles. The molecule has 1 aromatic rings. The van der Waals surface area contributed by atoms with Crippen LogP contribution in [-0.4, -0.2) is 19.0 Å². The van der Waals surface area contributed by atoms with Crippen molar-refractivity contribution >= 4 is 5.91 Å². The van der Waals surface area contributed by atoms with Gasteiger partial charge >= 0.3 is 0 Å². The van der Waals surface area contributed by atoms with Crippen molar-refractivity contribution in [3.8, 4) is 12.3 Å². The Bertz CT molecular complexity index is 420. The fourth-order valence-electron chi connectivity index (χ4n) is 1.56. The quantitative estimate of drug-likeness (QED) is 0.593. The molecule has 0 saturated heterocycles. The van der Waals surface area contributed by atoms with Crippen LogP contribution in [0.4, 0.5) is 0 Å². The maximum atomic E-state index is 11.5. The van der Waals surface area contributed by atoms with E-state index in [1.54, 1.807) is 0 Å². The van der Waals surface area contributed by atoms with Crippen molar-refractivity contribution in [1.82, 2.24) is 10.6 Å². The topological polar surface area (TPSA) is 41.1 Å². The molecule has 17 heavy (non-hydrogen) atoms. The van der Waals surface area contributed by atoms with Crippen LogP contribution in [0.15, 0.2) is 24.3 Å². The first-order valence-corrected chi connectivity index (χ1v) is 5.63. The minimum atomic E-state index is -0.0470. The van der Waals surface area contributed by atoms with Gasteiger partial charge < -0.3 is 5.32 Å². The highest BCUT2D eigenvalue weighted by atomic mass is 16.1. The van der Waals surface area contributed by atoms with E-state index in [2.05, 4.69) is 22.6 Å². The predicted molar refractivity (Wildman–Crippen MR) is 69.4 cm³/mol. The minimum Gasteiger partial charge on any atom is -0.348 e. The Morgan fingerprint density at radius 2 is 2.29 bits per heavy atom. The maximum Gasteiger partial charge on any atom is 0.234 e. The van der Waals surface area contributed by atoms with E-state index in [0.717, 1.165) is 5.56 Å². The summed E-state index contributed by atoms with van der Waals surface area (Å²) in [6, 6.07) is 8.11. The molecular formula is C14H18N2O. The monoisotopic (exact) mass is 230 g/mol. The molecule has 0 spiro atoms. The van der Waals surface area contributed by atoms with E-state index < -0.39 is 0 Å². The summed E-state index contributed by atoms with van der Waals surface area (Å²) in [5.74, 6) is 2.38. The van der Waals surface area contributed by atoms with Crippen LogP contribution in [0.2, 0.25) is 0 Å². The molecule has 0 aliphatic rings. The summed E-state index contributed by atoms with van der Waals surface area (Å²) in [5.41, 5.74) is 2.30. The van der Waals surface area contributed by atoms with Crippen LogP contribution in [0.1, 0.15) is 24.1 Å². The molecule has 1 atom stereocenters. The number of hydrogen-bond donors (Lipinski definition) is 2. The smallest absolute Gasteiger partial charge is 0.234 e. The predicted octanol–water partition coefficient (Wildman–Crippen LogP) is 1.40. The molecule has 0 aromatic heterocycles. The molecule has 1 aromatic carbocycles. The summed E-state index contributed by atoms with van der Waals surface area (Å²) < 4.78 is 0.